The molecule has 0 atom stereocenters. The van der Waals surface area contributed by atoms with Gasteiger partial charge in [0.2, 0.25) is 0 Å². The molecule has 1 fully saturated rings. The third-order valence-electron chi connectivity index (χ3n) is 4.44. The van der Waals surface area contributed by atoms with E-state index in [0.717, 1.165) is 12.8 Å². The Kier molecular flexibility index (Phi) is 4.43. The van der Waals surface area contributed by atoms with Crippen LogP contribution in [-0.2, 0) is 0 Å². The SMILES string of the molecule is CN(C(=O)c1cccc(N)c1Br)C1CCC(C)(C)CC1. The Morgan fingerprint density at radius 2 is 1.95 bits per heavy atom. The van der Waals surface area contributed by atoms with E-state index in [9.17, 15) is 4.79 Å². The zero-order valence-electron chi connectivity index (χ0n) is 12.4. The number of hydrogen-bond donors (Lipinski definition) is 1. The van der Waals surface area contributed by atoms with E-state index in [2.05, 4.69) is 29.8 Å². The maximum Gasteiger partial charge on any atom is 0.255 e. The Hall–Kier alpha value is -1.03. The largest absolute Gasteiger partial charge is 0.398 e. The number of nitrogens with zero attached hydrogens (tertiary/aromatic N) is 1. The highest BCUT2D eigenvalue weighted by Crippen LogP contribution is 2.37. The van der Waals surface area contributed by atoms with E-state index in [1.54, 1.807) is 6.07 Å². The molecule has 1 aliphatic carbocycles. The van der Waals surface area contributed by atoms with Gasteiger partial charge in [-0.05, 0) is 59.2 Å². The second-order valence-electron chi connectivity index (χ2n) is 6.52. The quantitative estimate of drug-likeness (QED) is 0.826. The fourth-order valence-corrected chi connectivity index (χ4v) is 3.28. The molecule has 1 saturated carbocycles. The molecule has 0 aliphatic heterocycles. The Morgan fingerprint density at radius 3 is 2.55 bits per heavy atom. The maximum atomic E-state index is 12.6. The van der Waals surface area contributed by atoms with Gasteiger partial charge < -0.3 is 10.6 Å². The summed E-state index contributed by atoms with van der Waals surface area (Å²) < 4.78 is 0.702. The van der Waals surface area contributed by atoms with E-state index in [0.29, 0.717) is 27.2 Å². The lowest BCUT2D eigenvalue weighted by molar-refractivity contribution is 0.0634. The van der Waals surface area contributed by atoms with Crippen LogP contribution in [0.1, 0.15) is 49.9 Å². The molecule has 0 spiro atoms. The first-order valence-corrected chi connectivity index (χ1v) is 7.92. The summed E-state index contributed by atoms with van der Waals surface area (Å²) in [6.07, 6.45) is 4.51. The zero-order chi connectivity index (χ0) is 14.9. The molecule has 20 heavy (non-hydrogen) atoms. The van der Waals surface area contributed by atoms with Crippen molar-refractivity contribution in [3.8, 4) is 0 Å². The maximum absolute atomic E-state index is 12.6. The summed E-state index contributed by atoms with van der Waals surface area (Å²) in [5.41, 5.74) is 7.53. The summed E-state index contributed by atoms with van der Waals surface area (Å²) in [6, 6.07) is 5.78. The predicted octanol–water partition coefficient (Wildman–Crippen LogP) is 4.07. The number of benzene rings is 1. The number of hydrogen-bond acceptors (Lipinski definition) is 2. The second kappa shape index (κ2) is 5.76. The van der Waals surface area contributed by atoms with Crippen molar-refractivity contribution in [2.24, 2.45) is 5.41 Å². The van der Waals surface area contributed by atoms with Crippen molar-refractivity contribution >= 4 is 27.5 Å². The summed E-state index contributed by atoms with van der Waals surface area (Å²) in [7, 11) is 1.90. The topological polar surface area (TPSA) is 46.3 Å². The molecule has 1 aromatic rings. The molecule has 0 saturated heterocycles. The van der Waals surface area contributed by atoms with E-state index < -0.39 is 0 Å². The minimum Gasteiger partial charge on any atom is -0.398 e. The van der Waals surface area contributed by atoms with Gasteiger partial charge >= 0.3 is 0 Å². The van der Waals surface area contributed by atoms with Crippen LogP contribution in [0.15, 0.2) is 22.7 Å². The number of amides is 1. The molecule has 2 rings (SSSR count). The van der Waals surface area contributed by atoms with Gasteiger partial charge in [0.15, 0.2) is 0 Å². The van der Waals surface area contributed by atoms with Crippen molar-refractivity contribution in [3.63, 3.8) is 0 Å². The normalized spacial score (nSPS) is 18.8. The van der Waals surface area contributed by atoms with Crippen molar-refractivity contribution in [2.45, 2.75) is 45.6 Å². The lowest BCUT2D eigenvalue weighted by Gasteiger charge is -2.38. The predicted molar refractivity (Wildman–Crippen MR) is 86.7 cm³/mol. The number of nitrogen functional groups attached to an aromatic ring is 1. The van der Waals surface area contributed by atoms with Gasteiger partial charge in [0.05, 0.1) is 10.0 Å². The smallest absolute Gasteiger partial charge is 0.255 e. The highest BCUT2D eigenvalue weighted by molar-refractivity contribution is 9.10. The average molecular weight is 339 g/mol. The fourth-order valence-electron chi connectivity index (χ4n) is 2.84. The summed E-state index contributed by atoms with van der Waals surface area (Å²) in [6.45, 7) is 4.61. The van der Waals surface area contributed by atoms with Crippen molar-refractivity contribution in [3.05, 3.63) is 28.2 Å². The molecule has 2 N–H and O–H groups in total. The molecule has 110 valence electrons. The van der Waals surface area contributed by atoms with Crippen molar-refractivity contribution in [2.75, 3.05) is 12.8 Å². The number of rotatable bonds is 2. The number of halogens is 1. The average Bonchev–Trinajstić information content (AvgIpc) is 2.40. The summed E-state index contributed by atoms with van der Waals surface area (Å²) >= 11 is 3.42. The zero-order valence-corrected chi connectivity index (χ0v) is 14.0. The van der Waals surface area contributed by atoms with E-state index in [-0.39, 0.29) is 5.91 Å². The monoisotopic (exact) mass is 338 g/mol. The molecule has 1 aliphatic rings. The molecule has 4 heteroatoms. The van der Waals surface area contributed by atoms with Crippen molar-refractivity contribution in [1.29, 1.82) is 0 Å². The van der Waals surface area contributed by atoms with Gasteiger partial charge in [-0.2, -0.15) is 0 Å². The van der Waals surface area contributed by atoms with Crippen LogP contribution in [0.25, 0.3) is 0 Å². The highest BCUT2D eigenvalue weighted by atomic mass is 79.9. The molecule has 0 bridgehead atoms. The van der Waals surface area contributed by atoms with Crippen LogP contribution >= 0.6 is 15.9 Å². The van der Waals surface area contributed by atoms with Crippen molar-refractivity contribution < 1.29 is 4.79 Å². The highest BCUT2D eigenvalue weighted by Gasteiger charge is 2.31. The molecule has 0 heterocycles. The summed E-state index contributed by atoms with van der Waals surface area (Å²) in [5.74, 6) is 0.0499. The van der Waals surface area contributed by atoms with Crippen LogP contribution in [0.5, 0.6) is 0 Å². The fraction of sp³-hybridized carbons (Fsp3) is 0.562. The Balaban J connectivity index is 2.11. The molecule has 0 radical (unpaired) electrons. The number of carbonyl (C=O) groups is 1. The van der Waals surface area contributed by atoms with Crippen LogP contribution in [0.3, 0.4) is 0 Å². The van der Waals surface area contributed by atoms with Crippen LogP contribution < -0.4 is 5.73 Å². The standard InChI is InChI=1S/C16H23BrN2O/c1-16(2)9-7-11(8-10-16)19(3)15(20)12-5-4-6-13(18)14(12)17/h4-6,11H,7-10,18H2,1-3H3. The van der Waals surface area contributed by atoms with Gasteiger partial charge in [-0.25, -0.2) is 0 Å². The molecule has 0 unspecified atom stereocenters. The van der Waals surface area contributed by atoms with Crippen LogP contribution in [-0.4, -0.2) is 23.9 Å². The molecular weight excluding hydrogens is 316 g/mol. The second-order valence-corrected chi connectivity index (χ2v) is 7.31. The molecular formula is C16H23BrN2O. The lowest BCUT2D eigenvalue weighted by Crippen LogP contribution is -2.41. The van der Waals surface area contributed by atoms with Crippen LogP contribution in [0.4, 0.5) is 5.69 Å². The minimum absolute atomic E-state index is 0.0499. The van der Waals surface area contributed by atoms with Gasteiger partial charge in [0.1, 0.15) is 0 Å². The summed E-state index contributed by atoms with van der Waals surface area (Å²) in [4.78, 5) is 14.5. The van der Waals surface area contributed by atoms with Gasteiger partial charge in [-0.3, -0.25) is 4.79 Å². The van der Waals surface area contributed by atoms with E-state index in [4.69, 9.17) is 5.73 Å². The molecule has 0 aromatic heterocycles. The van der Waals surface area contributed by atoms with Crippen LogP contribution in [0.2, 0.25) is 0 Å². The molecule has 1 amide bonds. The van der Waals surface area contributed by atoms with E-state index >= 15 is 0 Å². The third-order valence-corrected chi connectivity index (χ3v) is 5.32. The third kappa shape index (κ3) is 3.17. The Labute approximate surface area is 129 Å². The number of anilines is 1. The number of nitrogens with two attached hydrogens (primary N) is 1. The first kappa shape index (κ1) is 15.4. The van der Waals surface area contributed by atoms with Crippen molar-refractivity contribution in [1.82, 2.24) is 4.90 Å². The first-order chi connectivity index (χ1) is 9.32. The van der Waals surface area contributed by atoms with Gasteiger partial charge in [-0.1, -0.05) is 19.9 Å². The number of carbonyl (C=O) groups excluding carboxylic acids is 1. The summed E-state index contributed by atoms with van der Waals surface area (Å²) in [5, 5.41) is 0. The minimum atomic E-state index is 0.0499. The van der Waals surface area contributed by atoms with E-state index in [1.165, 1.54) is 12.8 Å². The first-order valence-electron chi connectivity index (χ1n) is 7.13. The van der Waals surface area contributed by atoms with Gasteiger partial charge in [0, 0.05) is 18.8 Å². The molecule has 3 nitrogen and oxygen atoms in total. The Bertz CT molecular complexity index is 503. The Morgan fingerprint density at radius 1 is 1.35 bits per heavy atom. The lowest BCUT2D eigenvalue weighted by atomic mass is 9.75. The van der Waals surface area contributed by atoms with Crippen LogP contribution in [0, 0.1) is 5.41 Å². The van der Waals surface area contributed by atoms with Gasteiger partial charge in [-0.15, -0.1) is 0 Å². The van der Waals surface area contributed by atoms with E-state index in [1.807, 2.05) is 24.1 Å². The molecule has 1 aromatic carbocycles. The van der Waals surface area contributed by atoms with Gasteiger partial charge in [0.25, 0.3) is 5.91 Å².